The predicted octanol–water partition coefficient (Wildman–Crippen LogP) is 6.71. The Bertz CT molecular complexity index is 1060. The van der Waals surface area contributed by atoms with E-state index in [0.29, 0.717) is 0 Å². The van der Waals surface area contributed by atoms with Crippen LogP contribution in [0.5, 0.6) is 0 Å². The van der Waals surface area contributed by atoms with Crippen LogP contribution in [0, 0.1) is 0 Å². The summed E-state index contributed by atoms with van der Waals surface area (Å²) in [5.74, 6) is 0. The number of para-hydroxylation sites is 1. The van der Waals surface area contributed by atoms with Crippen molar-refractivity contribution in [1.29, 1.82) is 0 Å². The number of allylic oxidation sites excluding steroid dienone is 2. The van der Waals surface area contributed by atoms with Gasteiger partial charge in [0.2, 0.25) is 0 Å². The fraction of sp³-hybridized carbons (Fsp3) is 0.0385. The maximum atomic E-state index is 4.84. The summed E-state index contributed by atoms with van der Waals surface area (Å²) in [7, 11) is 0. The Morgan fingerprint density at radius 1 is 0.750 bits per heavy atom. The number of rotatable bonds is 6. The summed E-state index contributed by atoms with van der Waals surface area (Å²) in [6, 6.07) is 33.2. The van der Waals surface area contributed by atoms with Crippen LogP contribution in [0.15, 0.2) is 114 Å². The molecule has 0 saturated heterocycles. The van der Waals surface area contributed by atoms with Gasteiger partial charge in [0.05, 0.1) is 5.69 Å². The first-order valence-electron chi connectivity index (χ1n) is 9.46. The fourth-order valence-corrected chi connectivity index (χ4v) is 3.17. The molecule has 136 valence electrons. The summed E-state index contributed by atoms with van der Waals surface area (Å²) < 4.78 is 0. The second-order valence-electron chi connectivity index (χ2n) is 6.57. The highest BCUT2D eigenvalue weighted by Gasteiger charge is 2.04. The quantitative estimate of drug-likeness (QED) is 0.369. The van der Waals surface area contributed by atoms with Crippen molar-refractivity contribution in [3.05, 3.63) is 120 Å². The monoisotopic (exact) mass is 362 g/mol. The lowest BCUT2D eigenvalue weighted by atomic mass is 10.0. The molecule has 0 fully saturated rings. The van der Waals surface area contributed by atoms with Gasteiger partial charge in [-0.2, -0.15) is 0 Å². The number of aromatic amines is 1. The van der Waals surface area contributed by atoms with Gasteiger partial charge in [0, 0.05) is 23.7 Å². The summed E-state index contributed by atoms with van der Waals surface area (Å²) in [5, 5.41) is 0. The molecular weight excluding hydrogens is 340 g/mol. The molecule has 4 aromatic rings. The van der Waals surface area contributed by atoms with E-state index < -0.39 is 0 Å². The van der Waals surface area contributed by atoms with Gasteiger partial charge in [-0.25, -0.2) is 0 Å². The number of nitrogens with one attached hydrogen (secondary N) is 1. The minimum atomic E-state index is 0.870. The topological polar surface area (TPSA) is 28.1 Å². The van der Waals surface area contributed by atoms with Gasteiger partial charge in [-0.1, -0.05) is 84.9 Å². The van der Waals surface area contributed by atoms with E-state index >= 15 is 0 Å². The van der Waals surface area contributed by atoms with Gasteiger partial charge in [0.1, 0.15) is 0 Å². The Balaban J connectivity index is 1.67. The van der Waals surface area contributed by atoms with Crippen LogP contribution in [0.25, 0.3) is 16.8 Å². The summed E-state index contributed by atoms with van der Waals surface area (Å²) in [6.07, 6.45) is 7.02. The molecule has 0 aliphatic rings. The molecule has 0 aliphatic carbocycles. The van der Waals surface area contributed by atoms with E-state index in [0.717, 1.165) is 28.9 Å². The molecule has 28 heavy (non-hydrogen) atoms. The Kier molecular flexibility index (Phi) is 5.60. The Labute approximate surface area is 165 Å². The lowest BCUT2D eigenvalue weighted by Crippen LogP contribution is -1.89. The molecule has 0 radical (unpaired) electrons. The fourth-order valence-electron chi connectivity index (χ4n) is 3.17. The average molecular weight is 362 g/mol. The van der Waals surface area contributed by atoms with Crippen molar-refractivity contribution in [2.75, 3.05) is 0 Å². The number of nitrogens with zero attached hydrogens (tertiary/aromatic N) is 1. The van der Waals surface area contributed by atoms with Gasteiger partial charge in [0.15, 0.2) is 0 Å². The van der Waals surface area contributed by atoms with Crippen LogP contribution in [0.4, 0.5) is 5.69 Å². The highest BCUT2D eigenvalue weighted by atomic mass is 14.7. The molecule has 0 unspecified atom stereocenters. The zero-order chi connectivity index (χ0) is 19.0. The Hall–Kier alpha value is -3.65. The molecule has 1 aromatic heterocycles. The predicted molar refractivity (Wildman–Crippen MR) is 119 cm³/mol. The van der Waals surface area contributed by atoms with Crippen molar-refractivity contribution in [1.82, 2.24) is 4.98 Å². The molecule has 2 heteroatoms. The third-order valence-corrected chi connectivity index (χ3v) is 4.64. The van der Waals surface area contributed by atoms with Gasteiger partial charge in [-0.3, -0.25) is 4.99 Å². The maximum absolute atomic E-state index is 4.84. The van der Waals surface area contributed by atoms with Crippen LogP contribution in [0.2, 0.25) is 0 Å². The molecule has 0 bridgehead atoms. The molecule has 4 rings (SSSR count). The second-order valence-corrected chi connectivity index (χ2v) is 6.57. The number of hydrogen-bond donors (Lipinski definition) is 1. The number of hydrogen-bond acceptors (Lipinski definition) is 1. The van der Waals surface area contributed by atoms with Crippen molar-refractivity contribution in [2.45, 2.75) is 6.42 Å². The molecule has 2 nitrogen and oxygen atoms in total. The zero-order valence-corrected chi connectivity index (χ0v) is 15.6. The van der Waals surface area contributed by atoms with E-state index in [4.69, 9.17) is 4.99 Å². The van der Waals surface area contributed by atoms with E-state index in [9.17, 15) is 0 Å². The molecule has 3 aromatic carbocycles. The SMILES string of the molecule is C(=Nc1ccccc1-c1ccc[nH]1)/C(=C\Cc1ccccc1)c1ccccc1. The van der Waals surface area contributed by atoms with E-state index in [1.807, 2.05) is 48.8 Å². The smallest absolute Gasteiger partial charge is 0.0723 e. The van der Waals surface area contributed by atoms with Gasteiger partial charge < -0.3 is 4.98 Å². The minimum Gasteiger partial charge on any atom is -0.361 e. The van der Waals surface area contributed by atoms with Crippen molar-refractivity contribution in [3.8, 4) is 11.3 Å². The van der Waals surface area contributed by atoms with Crippen LogP contribution in [0.3, 0.4) is 0 Å². The minimum absolute atomic E-state index is 0.870. The molecule has 1 heterocycles. The van der Waals surface area contributed by atoms with Crippen molar-refractivity contribution < 1.29 is 0 Å². The normalized spacial score (nSPS) is 11.8. The lowest BCUT2D eigenvalue weighted by Gasteiger charge is -2.06. The van der Waals surface area contributed by atoms with Crippen molar-refractivity contribution in [2.24, 2.45) is 4.99 Å². The van der Waals surface area contributed by atoms with Crippen LogP contribution in [-0.2, 0) is 6.42 Å². The Morgan fingerprint density at radius 3 is 2.21 bits per heavy atom. The first-order chi connectivity index (χ1) is 13.9. The van der Waals surface area contributed by atoms with E-state index in [1.165, 1.54) is 11.1 Å². The average Bonchev–Trinajstić information content (AvgIpc) is 3.30. The van der Waals surface area contributed by atoms with Crippen LogP contribution >= 0.6 is 0 Å². The standard InChI is InChI=1S/C26H22N2/c1-3-10-21(11-4-1)17-18-23(22-12-5-2-6-13-22)20-28-26-15-8-7-14-24(26)25-16-9-19-27-25/h1-16,18-20,27H,17H2/b23-18+,28-20?. The summed E-state index contributed by atoms with van der Waals surface area (Å²) in [4.78, 5) is 8.11. The largest absolute Gasteiger partial charge is 0.361 e. The molecule has 0 spiro atoms. The first-order valence-corrected chi connectivity index (χ1v) is 9.46. The first kappa shape index (κ1) is 17.7. The second kappa shape index (κ2) is 8.83. The highest BCUT2D eigenvalue weighted by Crippen LogP contribution is 2.29. The highest BCUT2D eigenvalue weighted by molar-refractivity contribution is 6.11. The third-order valence-electron chi connectivity index (χ3n) is 4.64. The molecular formula is C26H22N2. The summed E-state index contributed by atoms with van der Waals surface area (Å²) in [5.41, 5.74) is 6.69. The van der Waals surface area contributed by atoms with Crippen molar-refractivity contribution >= 4 is 17.5 Å². The van der Waals surface area contributed by atoms with Crippen LogP contribution in [-0.4, -0.2) is 11.2 Å². The van der Waals surface area contributed by atoms with E-state index in [-0.39, 0.29) is 0 Å². The third kappa shape index (κ3) is 4.36. The summed E-state index contributed by atoms with van der Waals surface area (Å²) in [6.45, 7) is 0. The summed E-state index contributed by atoms with van der Waals surface area (Å²) >= 11 is 0. The van der Waals surface area contributed by atoms with E-state index in [1.54, 1.807) is 0 Å². The number of aliphatic imine (C=N–C) groups is 1. The lowest BCUT2D eigenvalue weighted by molar-refractivity contribution is 1.27. The van der Waals surface area contributed by atoms with Gasteiger partial charge in [0.25, 0.3) is 0 Å². The van der Waals surface area contributed by atoms with Gasteiger partial charge in [-0.15, -0.1) is 0 Å². The van der Waals surface area contributed by atoms with Crippen molar-refractivity contribution in [3.63, 3.8) is 0 Å². The molecule has 0 atom stereocenters. The molecule has 0 amide bonds. The molecule has 0 aliphatic heterocycles. The molecule has 0 saturated carbocycles. The Morgan fingerprint density at radius 2 is 1.46 bits per heavy atom. The van der Waals surface area contributed by atoms with Gasteiger partial charge >= 0.3 is 0 Å². The number of H-pyrrole nitrogens is 1. The number of aromatic nitrogens is 1. The maximum Gasteiger partial charge on any atom is 0.0723 e. The van der Waals surface area contributed by atoms with E-state index in [2.05, 4.69) is 71.7 Å². The van der Waals surface area contributed by atoms with Crippen LogP contribution < -0.4 is 0 Å². The zero-order valence-electron chi connectivity index (χ0n) is 15.6. The van der Waals surface area contributed by atoms with Gasteiger partial charge in [-0.05, 0) is 41.3 Å². The molecule has 1 N–H and O–H groups in total. The van der Waals surface area contributed by atoms with Crippen LogP contribution in [0.1, 0.15) is 11.1 Å². The number of benzene rings is 3.